The SMILES string of the molecule is NC1CCOCC1n1cc(C(F)(F)F)cn1. The molecule has 1 aromatic heterocycles. The van der Waals surface area contributed by atoms with Crippen molar-refractivity contribution >= 4 is 0 Å². The van der Waals surface area contributed by atoms with Gasteiger partial charge in [0.2, 0.25) is 0 Å². The van der Waals surface area contributed by atoms with Crippen molar-refractivity contribution in [3.05, 3.63) is 18.0 Å². The highest BCUT2D eigenvalue weighted by molar-refractivity contribution is 5.09. The van der Waals surface area contributed by atoms with E-state index in [0.29, 0.717) is 19.6 Å². The molecule has 0 bridgehead atoms. The van der Waals surface area contributed by atoms with Crippen LogP contribution in [-0.4, -0.2) is 29.0 Å². The fourth-order valence-electron chi connectivity index (χ4n) is 1.68. The Bertz CT molecular complexity index is 363. The Labute approximate surface area is 90.2 Å². The number of ether oxygens (including phenoxy) is 1. The first kappa shape index (κ1) is 11.4. The van der Waals surface area contributed by atoms with Gasteiger partial charge in [0.05, 0.1) is 24.4 Å². The predicted molar refractivity (Wildman–Crippen MR) is 49.7 cm³/mol. The summed E-state index contributed by atoms with van der Waals surface area (Å²) in [6.07, 6.45) is -1.95. The fraction of sp³-hybridized carbons (Fsp3) is 0.667. The van der Waals surface area contributed by atoms with Crippen molar-refractivity contribution < 1.29 is 17.9 Å². The molecule has 7 heteroatoms. The molecule has 0 amide bonds. The van der Waals surface area contributed by atoms with Gasteiger partial charge in [0.25, 0.3) is 0 Å². The molecule has 0 spiro atoms. The molecule has 2 N–H and O–H groups in total. The van der Waals surface area contributed by atoms with Crippen LogP contribution < -0.4 is 5.73 Å². The second kappa shape index (κ2) is 4.06. The minimum Gasteiger partial charge on any atom is -0.379 e. The molecule has 2 unspecified atom stereocenters. The van der Waals surface area contributed by atoms with Gasteiger partial charge in [-0.25, -0.2) is 0 Å². The molecule has 1 aromatic rings. The molecule has 0 radical (unpaired) electrons. The molecule has 1 aliphatic rings. The second-order valence-electron chi connectivity index (χ2n) is 3.80. The van der Waals surface area contributed by atoms with Gasteiger partial charge in [-0.15, -0.1) is 0 Å². The lowest BCUT2D eigenvalue weighted by Gasteiger charge is -2.28. The van der Waals surface area contributed by atoms with Crippen LogP contribution in [0.3, 0.4) is 0 Å². The molecule has 0 aliphatic carbocycles. The molecule has 16 heavy (non-hydrogen) atoms. The van der Waals surface area contributed by atoms with Crippen LogP contribution in [0.15, 0.2) is 12.4 Å². The van der Waals surface area contributed by atoms with E-state index >= 15 is 0 Å². The van der Waals surface area contributed by atoms with Gasteiger partial charge in [-0.2, -0.15) is 18.3 Å². The summed E-state index contributed by atoms with van der Waals surface area (Å²) < 4.78 is 43.5. The molecule has 0 saturated carbocycles. The molecule has 2 rings (SSSR count). The maximum absolute atomic E-state index is 12.3. The van der Waals surface area contributed by atoms with E-state index in [1.165, 1.54) is 4.68 Å². The van der Waals surface area contributed by atoms with Crippen molar-refractivity contribution in [2.75, 3.05) is 13.2 Å². The van der Waals surface area contributed by atoms with Gasteiger partial charge in [0.1, 0.15) is 0 Å². The van der Waals surface area contributed by atoms with Gasteiger partial charge in [-0.05, 0) is 6.42 Å². The number of hydrogen-bond donors (Lipinski definition) is 1. The van der Waals surface area contributed by atoms with Gasteiger partial charge in [-0.1, -0.05) is 0 Å². The van der Waals surface area contributed by atoms with Crippen molar-refractivity contribution in [3.8, 4) is 0 Å². The number of nitrogens with two attached hydrogens (primary N) is 1. The number of hydrogen-bond acceptors (Lipinski definition) is 3. The Morgan fingerprint density at radius 2 is 2.25 bits per heavy atom. The number of rotatable bonds is 1. The van der Waals surface area contributed by atoms with E-state index in [-0.39, 0.29) is 12.1 Å². The summed E-state index contributed by atoms with van der Waals surface area (Å²) in [4.78, 5) is 0. The lowest BCUT2D eigenvalue weighted by molar-refractivity contribution is -0.137. The summed E-state index contributed by atoms with van der Waals surface area (Å²) in [6.45, 7) is 0.852. The Morgan fingerprint density at radius 3 is 2.81 bits per heavy atom. The zero-order valence-electron chi connectivity index (χ0n) is 8.44. The molecule has 1 saturated heterocycles. The summed E-state index contributed by atoms with van der Waals surface area (Å²) in [5.74, 6) is 0. The Hall–Kier alpha value is -1.08. The van der Waals surface area contributed by atoms with Gasteiger partial charge < -0.3 is 10.5 Å². The largest absolute Gasteiger partial charge is 0.419 e. The first-order valence-electron chi connectivity index (χ1n) is 4.93. The van der Waals surface area contributed by atoms with Crippen molar-refractivity contribution in [2.24, 2.45) is 5.73 Å². The van der Waals surface area contributed by atoms with E-state index in [9.17, 15) is 13.2 Å². The molecule has 2 heterocycles. The van der Waals surface area contributed by atoms with Crippen LogP contribution in [0.1, 0.15) is 18.0 Å². The van der Waals surface area contributed by atoms with Crippen LogP contribution in [0.4, 0.5) is 13.2 Å². The number of alkyl halides is 3. The third-order valence-corrected chi connectivity index (χ3v) is 2.65. The zero-order chi connectivity index (χ0) is 11.8. The number of nitrogens with zero attached hydrogens (tertiary/aromatic N) is 2. The first-order chi connectivity index (χ1) is 7.48. The van der Waals surface area contributed by atoms with Crippen molar-refractivity contribution in [1.29, 1.82) is 0 Å². The Kier molecular flexibility index (Phi) is 2.90. The molecular weight excluding hydrogens is 223 g/mol. The topological polar surface area (TPSA) is 53.1 Å². The van der Waals surface area contributed by atoms with Gasteiger partial charge >= 0.3 is 6.18 Å². The standard InChI is InChI=1S/C9H12F3N3O/c10-9(11,12)6-3-14-15(4-6)8-5-16-2-1-7(8)13/h3-4,7-8H,1-2,5,13H2. The maximum atomic E-state index is 12.3. The van der Waals surface area contributed by atoms with E-state index in [1.54, 1.807) is 0 Å². The van der Waals surface area contributed by atoms with Gasteiger partial charge in [-0.3, -0.25) is 4.68 Å². The second-order valence-corrected chi connectivity index (χ2v) is 3.80. The van der Waals surface area contributed by atoms with E-state index in [1.807, 2.05) is 0 Å². The van der Waals surface area contributed by atoms with Crippen LogP contribution in [0.25, 0.3) is 0 Å². The van der Waals surface area contributed by atoms with Crippen molar-refractivity contribution in [2.45, 2.75) is 24.7 Å². The maximum Gasteiger partial charge on any atom is 0.419 e. The highest BCUT2D eigenvalue weighted by Gasteiger charge is 2.34. The van der Waals surface area contributed by atoms with Crippen LogP contribution in [0, 0.1) is 0 Å². The monoisotopic (exact) mass is 235 g/mol. The normalized spacial score (nSPS) is 27.0. The first-order valence-corrected chi connectivity index (χ1v) is 4.93. The molecule has 1 fully saturated rings. The average Bonchev–Trinajstić information content (AvgIpc) is 2.66. The molecule has 90 valence electrons. The smallest absolute Gasteiger partial charge is 0.379 e. The minimum atomic E-state index is -4.36. The predicted octanol–water partition coefficient (Wildman–Crippen LogP) is 1.19. The van der Waals surface area contributed by atoms with Crippen molar-refractivity contribution in [3.63, 3.8) is 0 Å². The summed E-state index contributed by atoms with van der Waals surface area (Å²) in [7, 11) is 0. The van der Waals surface area contributed by atoms with Gasteiger partial charge in [0.15, 0.2) is 0 Å². The van der Waals surface area contributed by atoms with E-state index in [4.69, 9.17) is 10.5 Å². The Morgan fingerprint density at radius 1 is 1.50 bits per heavy atom. The summed E-state index contributed by atoms with van der Waals surface area (Å²) in [5, 5.41) is 3.69. The van der Waals surface area contributed by atoms with Gasteiger partial charge in [0, 0.05) is 18.8 Å². The summed E-state index contributed by atoms with van der Waals surface area (Å²) >= 11 is 0. The third kappa shape index (κ3) is 2.19. The summed E-state index contributed by atoms with van der Waals surface area (Å²) in [5.41, 5.74) is 5.05. The van der Waals surface area contributed by atoms with Crippen molar-refractivity contribution in [1.82, 2.24) is 9.78 Å². The van der Waals surface area contributed by atoms with Crippen LogP contribution in [0.5, 0.6) is 0 Å². The van der Waals surface area contributed by atoms with E-state index in [0.717, 1.165) is 12.4 Å². The molecule has 0 aromatic carbocycles. The fourth-order valence-corrected chi connectivity index (χ4v) is 1.68. The van der Waals surface area contributed by atoms with Crippen LogP contribution in [0.2, 0.25) is 0 Å². The third-order valence-electron chi connectivity index (χ3n) is 2.65. The van der Waals surface area contributed by atoms with Crippen LogP contribution >= 0.6 is 0 Å². The minimum absolute atomic E-state index is 0.213. The summed E-state index contributed by atoms with van der Waals surface area (Å²) in [6, 6.07) is -0.528. The van der Waals surface area contributed by atoms with E-state index in [2.05, 4.69) is 5.10 Å². The number of aromatic nitrogens is 2. The molecule has 1 aliphatic heterocycles. The zero-order valence-corrected chi connectivity index (χ0v) is 8.44. The number of halogens is 3. The van der Waals surface area contributed by atoms with E-state index < -0.39 is 11.7 Å². The Balaban J connectivity index is 2.18. The molecular formula is C9H12F3N3O. The highest BCUT2D eigenvalue weighted by atomic mass is 19.4. The molecule has 2 atom stereocenters. The quantitative estimate of drug-likeness (QED) is 0.795. The average molecular weight is 235 g/mol. The highest BCUT2D eigenvalue weighted by Crippen LogP contribution is 2.29. The van der Waals surface area contributed by atoms with Crippen LogP contribution in [-0.2, 0) is 10.9 Å². The molecule has 4 nitrogen and oxygen atoms in total. The lowest BCUT2D eigenvalue weighted by Crippen LogP contribution is -2.40. The lowest BCUT2D eigenvalue weighted by atomic mass is 10.1.